The smallest absolute Gasteiger partial charge is 0.312 e. The van der Waals surface area contributed by atoms with E-state index in [1.54, 1.807) is 38.1 Å². The molecule has 8 rings (SSSR count). The average Bonchev–Trinajstić information content (AvgIpc) is 3.50. The molecule has 2 aromatic rings. The molecule has 1 fully saturated rings. The number of likely N-dealkylation sites (tertiary alicyclic amines) is 1. The van der Waals surface area contributed by atoms with Crippen molar-refractivity contribution in [1.82, 2.24) is 4.98 Å². The predicted octanol–water partition coefficient (Wildman–Crippen LogP) is 8.29. The van der Waals surface area contributed by atoms with E-state index in [2.05, 4.69) is 33.3 Å². The maximum atomic E-state index is 15.5. The van der Waals surface area contributed by atoms with E-state index >= 15 is 4.79 Å². The number of carbonyl (C=O) groups is 3. The SMILES string of the molecule is CO[C@H]1/C=C/O[C@@]2(C)Oc3c(C)c4c5c(=O)c(c6oc7cc(OCC8CCC[N+](C)(C)C8)ccc7nc-6c5c3C2=O)NC(=O)/C(C)=C\C=C\C(C)C[C@@H](C)CC(O4)C(OC(C)=O)[C@@H]1C. The van der Waals surface area contributed by atoms with Gasteiger partial charge >= 0.3 is 11.8 Å². The van der Waals surface area contributed by atoms with Crippen LogP contribution in [-0.4, -0.2) is 92.1 Å². The highest BCUT2D eigenvalue weighted by Gasteiger charge is 2.51. The molecule has 0 spiro atoms. The van der Waals surface area contributed by atoms with Crippen molar-refractivity contribution in [3.05, 3.63) is 75.7 Å². The van der Waals surface area contributed by atoms with Crippen LogP contribution in [0.1, 0.15) is 83.1 Å². The number of carbonyl (C=O) groups excluding carboxylic acids is 3. The zero-order chi connectivity index (χ0) is 45.8. The summed E-state index contributed by atoms with van der Waals surface area (Å²) in [6.45, 7) is 15.0. The Hall–Kier alpha value is -5.73. The number of ketones is 1. The highest BCUT2D eigenvalue weighted by Crippen LogP contribution is 2.52. The number of amides is 1. The summed E-state index contributed by atoms with van der Waals surface area (Å²) in [6.07, 6.45) is 9.49. The Bertz CT molecular complexity index is 2640. The Labute approximate surface area is 373 Å². The molecule has 340 valence electrons. The van der Waals surface area contributed by atoms with E-state index in [1.165, 1.54) is 27.2 Å². The number of nitrogens with zero attached hydrogens (tertiary/aromatic N) is 2. The summed E-state index contributed by atoms with van der Waals surface area (Å²) < 4.78 is 45.8. The molecule has 1 N–H and O–H groups in total. The maximum Gasteiger partial charge on any atom is 0.312 e. The topological polar surface area (TPSA) is 162 Å². The minimum absolute atomic E-state index is 0.00588. The van der Waals surface area contributed by atoms with Crippen LogP contribution < -0.4 is 25.0 Å². The number of benzene rings is 3. The number of ether oxygens (including phenoxy) is 6. The average molecular weight is 879 g/mol. The first-order valence-corrected chi connectivity index (χ1v) is 22.3. The zero-order valence-corrected chi connectivity index (χ0v) is 38.5. The molecule has 4 unspecified atom stereocenters. The molecular formula is C50H60N3O11+. The second-order valence-corrected chi connectivity index (χ2v) is 19.2. The fraction of sp³-hybridized carbons (Fsp3) is 0.500. The van der Waals surface area contributed by atoms with Gasteiger partial charge in [-0.15, -0.1) is 0 Å². The van der Waals surface area contributed by atoms with Crippen LogP contribution in [-0.2, 0) is 23.8 Å². The minimum Gasteiger partial charge on any atom is -0.493 e. The number of aromatic nitrogens is 1. The number of quaternary nitrogens is 1. The Balaban J connectivity index is 1.42. The number of rotatable bonds is 5. The number of nitrogens with one attached hydrogen (secondary N) is 1. The number of anilines is 1. The summed E-state index contributed by atoms with van der Waals surface area (Å²) in [5, 5.41) is 2.95. The van der Waals surface area contributed by atoms with Gasteiger partial charge in [0.25, 0.3) is 11.7 Å². The first kappa shape index (κ1) is 44.9. The summed E-state index contributed by atoms with van der Waals surface area (Å²) in [4.78, 5) is 62.6. The van der Waals surface area contributed by atoms with Crippen LogP contribution in [0, 0.1) is 30.6 Å². The van der Waals surface area contributed by atoms with Crippen LogP contribution >= 0.6 is 0 Å². The lowest BCUT2D eigenvalue weighted by Crippen LogP contribution is -2.48. The van der Waals surface area contributed by atoms with E-state index in [9.17, 15) is 14.4 Å². The third-order valence-electron chi connectivity index (χ3n) is 13.3. The van der Waals surface area contributed by atoms with E-state index < -0.39 is 53.1 Å². The van der Waals surface area contributed by atoms with Crippen LogP contribution in [0.15, 0.2) is 63.6 Å². The molecule has 5 heterocycles. The molecule has 14 nitrogen and oxygen atoms in total. The van der Waals surface area contributed by atoms with Crippen molar-refractivity contribution in [3.8, 4) is 28.7 Å². The summed E-state index contributed by atoms with van der Waals surface area (Å²) in [5.74, 6) is -2.84. The molecule has 8 atom stereocenters. The Kier molecular flexibility index (Phi) is 12.2. The van der Waals surface area contributed by atoms with Gasteiger partial charge in [0.2, 0.25) is 5.43 Å². The van der Waals surface area contributed by atoms with Crippen molar-refractivity contribution in [2.24, 2.45) is 23.7 Å². The van der Waals surface area contributed by atoms with Crippen LogP contribution in [0.2, 0.25) is 0 Å². The van der Waals surface area contributed by atoms with Crippen molar-refractivity contribution in [2.75, 3.05) is 46.2 Å². The summed E-state index contributed by atoms with van der Waals surface area (Å²) in [5.41, 5.74) is 0.680. The number of hydrogen-bond acceptors (Lipinski definition) is 12. The fourth-order valence-electron chi connectivity index (χ4n) is 10.0. The monoisotopic (exact) mass is 878 g/mol. The van der Waals surface area contributed by atoms with Gasteiger partial charge in [-0.2, -0.15) is 0 Å². The first-order valence-electron chi connectivity index (χ1n) is 22.3. The molecule has 14 heteroatoms. The highest BCUT2D eigenvalue weighted by molar-refractivity contribution is 6.22. The van der Waals surface area contributed by atoms with E-state index in [0.717, 1.165) is 36.8 Å². The van der Waals surface area contributed by atoms with E-state index in [-0.39, 0.29) is 56.8 Å². The quantitative estimate of drug-likeness (QED) is 0.0885. The Morgan fingerprint density at radius 1 is 1.05 bits per heavy atom. The van der Waals surface area contributed by atoms with Crippen LogP contribution in [0.3, 0.4) is 0 Å². The number of allylic oxidation sites excluding steroid dienone is 3. The lowest BCUT2D eigenvalue weighted by atomic mass is 9.85. The van der Waals surface area contributed by atoms with Crippen molar-refractivity contribution < 1.29 is 51.7 Å². The van der Waals surface area contributed by atoms with Crippen LogP contribution in [0.25, 0.3) is 33.3 Å². The third kappa shape index (κ3) is 8.49. The van der Waals surface area contributed by atoms with Gasteiger partial charge in [0.05, 0.1) is 57.1 Å². The van der Waals surface area contributed by atoms with Crippen molar-refractivity contribution in [1.29, 1.82) is 0 Å². The van der Waals surface area contributed by atoms with Crippen molar-refractivity contribution in [2.45, 2.75) is 98.2 Å². The molecule has 2 aromatic carbocycles. The lowest BCUT2D eigenvalue weighted by molar-refractivity contribution is -0.898. The molecule has 6 aliphatic rings. The first-order chi connectivity index (χ1) is 30.4. The molecule has 0 aromatic heterocycles. The maximum absolute atomic E-state index is 15.5. The Morgan fingerprint density at radius 2 is 1.83 bits per heavy atom. The van der Waals surface area contributed by atoms with Crippen LogP contribution in [0.5, 0.6) is 17.2 Å². The summed E-state index contributed by atoms with van der Waals surface area (Å²) >= 11 is 0. The minimum atomic E-state index is -1.89. The number of piperidine rings is 1. The van der Waals surface area contributed by atoms with Gasteiger partial charge in [-0.1, -0.05) is 39.0 Å². The van der Waals surface area contributed by atoms with E-state index in [1.807, 2.05) is 25.1 Å². The van der Waals surface area contributed by atoms with E-state index in [4.69, 9.17) is 37.8 Å². The van der Waals surface area contributed by atoms with Gasteiger partial charge in [-0.3, -0.25) is 19.2 Å². The molecule has 1 saturated heterocycles. The molecule has 1 amide bonds. The van der Waals surface area contributed by atoms with Gasteiger partial charge in [-0.05, 0) is 69.6 Å². The number of esters is 1. The van der Waals surface area contributed by atoms with Gasteiger partial charge < -0.3 is 42.6 Å². The standard InChI is InChI=1S/C50H59N3O11/c1-26-13-11-14-28(3)49(57)52-42-43(55)39-38(41-47(42)62-36-23-33(16-17-34(36)51-41)59-25-32-15-12-19-53(8,9)24-32)40-46-30(5)45(39)63-37(22-27(2)21-26)44(61-31(6)54)29(4)35(58-10)18-20-60-50(7,64-46)48(40)56/h11,13-14,16-18,20,23,26-27,29,32,35,37,44H,12,15,19,21-22,24-25H2,1-10H3/p+1/b13-11+,20-18+,28-14-/t26?,27-,29-,32?,35+,37?,44?,50+/m1/s1. The Morgan fingerprint density at radius 3 is 2.56 bits per heavy atom. The number of Topliss-reactive ketones (excluding diaryl/α,β-unsaturated/α-hetero) is 1. The second kappa shape index (κ2) is 17.3. The lowest BCUT2D eigenvalue weighted by Gasteiger charge is -2.37. The van der Waals surface area contributed by atoms with Gasteiger partial charge in [0, 0.05) is 55.4 Å². The summed E-state index contributed by atoms with van der Waals surface area (Å²) in [6, 6.07) is 5.32. The van der Waals surface area contributed by atoms with Gasteiger partial charge in [0.15, 0.2) is 11.3 Å². The number of hydrogen-bond donors (Lipinski definition) is 1. The van der Waals surface area contributed by atoms with Gasteiger partial charge in [-0.25, -0.2) is 4.98 Å². The molecular weight excluding hydrogens is 819 g/mol. The molecule has 0 saturated carbocycles. The van der Waals surface area contributed by atoms with Gasteiger partial charge in [0.1, 0.15) is 46.4 Å². The van der Waals surface area contributed by atoms with E-state index in [0.29, 0.717) is 46.9 Å². The second-order valence-electron chi connectivity index (χ2n) is 19.2. The third-order valence-corrected chi connectivity index (χ3v) is 13.3. The van der Waals surface area contributed by atoms with Crippen molar-refractivity contribution >= 4 is 45.2 Å². The molecule has 0 radical (unpaired) electrons. The highest BCUT2D eigenvalue weighted by atomic mass is 16.7. The predicted molar refractivity (Wildman–Crippen MR) is 242 cm³/mol. The normalized spacial score (nSPS) is 30.1. The largest absolute Gasteiger partial charge is 0.493 e. The number of fused-ring (bicyclic) bond motifs is 8. The zero-order valence-electron chi connectivity index (χ0n) is 38.5. The van der Waals surface area contributed by atoms with Crippen LogP contribution in [0.4, 0.5) is 5.69 Å². The number of methoxy groups -OCH3 is 1. The molecule has 5 aliphatic heterocycles. The molecule has 64 heavy (non-hydrogen) atoms. The molecule has 1 aliphatic carbocycles. The summed E-state index contributed by atoms with van der Waals surface area (Å²) in [7, 11) is 6.00. The van der Waals surface area contributed by atoms with Crippen molar-refractivity contribution in [3.63, 3.8) is 0 Å². The molecule has 6 bridgehead atoms. The fourth-order valence-corrected chi connectivity index (χ4v) is 10.0.